The summed E-state index contributed by atoms with van der Waals surface area (Å²) >= 11 is 12.6. The van der Waals surface area contributed by atoms with Gasteiger partial charge in [-0.3, -0.25) is 19.4 Å². The summed E-state index contributed by atoms with van der Waals surface area (Å²) in [6.45, 7) is 12.6. The van der Waals surface area contributed by atoms with Crippen LogP contribution in [0, 0.1) is 27.7 Å². The molecule has 2 aromatic rings. The van der Waals surface area contributed by atoms with Gasteiger partial charge in [-0.2, -0.15) is 0 Å². The summed E-state index contributed by atoms with van der Waals surface area (Å²) in [5.41, 5.74) is 5.34. The Labute approximate surface area is 206 Å². The molecule has 2 N–H and O–H groups in total. The van der Waals surface area contributed by atoms with Gasteiger partial charge in [-0.05, 0) is 69.0 Å². The monoisotopic (exact) mass is 490 g/mol. The molecule has 1 saturated heterocycles. The molecule has 2 amide bonds. The number of benzene rings is 2. The molecule has 1 heterocycles. The summed E-state index contributed by atoms with van der Waals surface area (Å²) in [6.07, 6.45) is 0. The van der Waals surface area contributed by atoms with Crippen molar-refractivity contribution in [1.82, 2.24) is 9.80 Å². The fraction of sp³-hybridized carbons (Fsp3) is 0.440. The van der Waals surface area contributed by atoms with Gasteiger partial charge in [0.25, 0.3) is 0 Å². The third kappa shape index (κ3) is 6.70. The molecule has 6 nitrogen and oxygen atoms in total. The van der Waals surface area contributed by atoms with Gasteiger partial charge in [0.2, 0.25) is 11.8 Å². The minimum absolute atomic E-state index is 0.0910. The van der Waals surface area contributed by atoms with Gasteiger partial charge in [-0.15, -0.1) is 0 Å². The van der Waals surface area contributed by atoms with E-state index < -0.39 is 0 Å². The first-order valence-electron chi connectivity index (χ1n) is 11.1. The second-order valence-electron chi connectivity index (χ2n) is 9.03. The summed E-state index contributed by atoms with van der Waals surface area (Å²) in [6, 6.07) is 7.83. The quantitative estimate of drug-likeness (QED) is 0.609. The molecule has 178 valence electrons. The maximum absolute atomic E-state index is 12.7. The minimum atomic E-state index is -0.0913. The zero-order valence-electron chi connectivity index (χ0n) is 19.9. The van der Waals surface area contributed by atoms with Gasteiger partial charge in [0, 0.05) is 25.7 Å². The summed E-state index contributed by atoms with van der Waals surface area (Å²) in [4.78, 5) is 29.5. The summed E-state index contributed by atoms with van der Waals surface area (Å²) in [5.74, 6) is -0.182. The van der Waals surface area contributed by atoms with Gasteiger partial charge in [0.1, 0.15) is 0 Å². The summed E-state index contributed by atoms with van der Waals surface area (Å²) in [5, 5.41) is 7.01. The molecule has 3 rings (SSSR count). The lowest BCUT2D eigenvalue weighted by atomic mass is 10.1. The number of anilines is 2. The molecule has 1 atom stereocenters. The number of hydrogen-bond donors (Lipinski definition) is 2. The molecule has 1 unspecified atom stereocenters. The lowest BCUT2D eigenvalue weighted by Gasteiger charge is -2.39. The predicted molar refractivity (Wildman–Crippen MR) is 137 cm³/mol. The van der Waals surface area contributed by atoms with Gasteiger partial charge >= 0.3 is 0 Å². The number of piperazine rings is 1. The number of nitrogens with one attached hydrogen (secondary N) is 2. The van der Waals surface area contributed by atoms with Crippen molar-refractivity contribution in [3.05, 3.63) is 56.6 Å². The number of amides is 2. The van der Waals surface area contributed by atoms with Crippen molar-refractivity contribution < 1.29 is 9.59 Å². The number of carbonyl (C=O) groups excluding carboxylic acids is 2. The highest BCUT2D eigenvalue weighted by Gasteiger charge is 2.27. The van der Waals surface area contributed by atoms with E-state index in [0.717, 1.165) is 22.3 Å². The third-order valence-electron chi connectivity index (χ3n) is 5.96. The van der Waals surface area contributed by atoms with Crippen molar-refractivity contribution in [3.8, 4) is 0 Å². The van der Waals surface area contributed by atoms with E-state index in [4.69, 9.17) is 23.2 Å². The van der Waals surface area contributed by atoms with Crippen LogP contribution in [0.25, 0.3) is 0 Å². The third-order valence-corrected chi connectivity index (χ3v) is 6.55. The molecule has 2 aromatic carbocycles. The molecule has 1 fully saturated rings. The first kappa shape index (κ1) is 25.5. The second kappa shape index (κ2) is 10.9. The molecular formula is C25H32Cl2N4O2. The average molecular weight is 491 g/mol. The number of carbonyl (C=O) groups is 2. The first-order valence-corrected chi connectivity index (χ1v) is 11.9. The molecule has 0 saturated carbocycles. The largest absolute Gasteiger partial charge is 0.323 e. The van der Waals surface area contributed by atoms with Crippen LogP contribution in [0.2, 0.25) is 10.0 Å². The van der Waals surface area contributed by atoms with E-state index in [1.54, 1.807) is 0 Å². The first-order chi connectivity index (χ1) is 15.5. The topological polar surface area (TPSA) is 64.7 Å². The zero-order chi connectivity index (χ0) is 24.3. The van der Waals surface area contributed by atoms with Gasteiger partial charge in [-0.25, -0.2) is 0 Å². The average Bonchev–Trinajstić information content (AvgIpc) is 2.69. The summed E-state index contributed by atoms with van der Waals surface area (Å²) < 4.78 is 0. The highest BCUT2D eigenvalue weighted by Crippen LogP contribution is 2.28. The van der Waals surface area contributed by atoms with E-state index in [1.807, 2.05) is 52.0 Å². The highest BCUT2D eigenvalue weighted by atomic mass is 35.5. The van der Waals surface area contributed by atoms with Crippen LogP contribution in [0.4, 0.5) is 11.4 Å². The second-order valence-corrected chi connectivity index (χ2v) is 9.84. The van der Waals surface area contributed by atoms with Crippen molar-refractivity contribution in [3.63, 3.8) is 0 Å². The Morgan fingerprint density at radius 3 is 1.79 bits per heavy atom. The van der Waals surface area contributed by atoms with Crippen LogP contribution in [-0.2, 0) is 9.59 Å². The van der Waals surface area contributed by atoms with Crippen LogP contribution in [0.1, 0.15) is 29.2 Å². The molecule has 0 radical (unpaired) electrons. The van der Waals surface area contributed by atoms with Gasteiger partial charge in [-0.1, -0.05) is 35.3 Å². The van der Waals surface area contributed by atoms with E-state index in [0.29, 0.717) is 41.1 Å². The normalized spacial score (nSPS) is 17.1. The molecule has 0 aliphatic carbocycles. The Morgan fingerprint density at radius 1 is 0.848 bits per heavy atom. The minimum Gasteiger partial charge on any atom is -0.323 e. The van der Waals surface area contributed by atoms with Crippen LogP contribution in [0.3, 0.4) is 0 Å². The standard InChI is InChI=1S/C25H32Cl2N4O2/c1-15-8-17(3)24(20(26)10-15)28-22(32)13-30-6-7-31(19(5)12-30)14-23(33)29-25-18(4)9-16(2)11-21(25)27/h8-11,19H,6-7,12-14H2,1-5H3,(H,28,32)(H,29,33). The maximum atomic E-state index is 12.7. The molecule has 0 spiro atoms. The Morgan fingerprint density at radius 2 is 1.33 bits per heavy atom. The van der Waals surface area contributed by atoms with E-state index in [-0.39, 0.29) is 30.9 Å². The van der Waals surface area contributed by atoms with Crippen molar-refractivity contribution in [2.75, 3.05) is 43.4 Å². The fourth-order valence-corrected chi connectivity index (χ4v) is 5.08. The van der Waals surface area contributed by atoms with Crippen molar-refractivity contribution >= 4 is 46.4 Å². The highest BCUT2D eigenvalue weighted by molar-refractivity contribution is 6.34. The number of aryl methyl sites for hydroxylation is 4. The molecule has 0 aromatic heterocycles. The lowest BCUT2D eigenvalue weighted by Crippen LogP contribution is -2.55. The van der Waals surface area contributed by atoms with E-state index >= 15 is 0 Å². The maximum Gasteiger partial charge on any atom is 0.238 e. The van der Waals surface area contributed by atoms with E-state index in [9.17, 15) is 9.59 Å². The van der Waals surface area contributed by atoms with Crippen molar-refractivity contribution in [2.45, 2.75) is 40.7 Å². The zero-order valence-corrected chi connectivity index (χ0v) is 21.4. The van der Waals surface area contributed by atoms with Crippen molar-refractivity contribution in [1.29, 1.82) is 0 Å². The van der Waals surface area contributed by atoms with Crippen molar-refractivity contribution in [2.24, 2.45) is 0 Å². The lowest BCUT2D eigenvalue weighted by molar-refractivity contribution is -0.120. The van der Waals surface area contributed by atoms with Gasteiger partial charge in [0.05, 0.1) is 34.5 Å². The van der Waals surface area contributed by atoms with Crippen LogP contribution < -0.4 is 10.6 Å². The van der Waals surface area contributed by atoms with Gasteiger partial charge in [0.15, 0.2) is 0 Å². The number of hydrogen-bond acceptors (Lipinski definition) is 4. The molecule has 0 bridgehead atoms. The Bertz CT molecular complexity index is 1010. The molecule has 1 aliphatic rings. The molecule has 8 heteroatoms. The van der Waals surface area contributed by atoms with Crippen LogP contribution >= 0.6 is 23.2 Å². The Hall–Kier alpha value is -2.12. The Balaban J connectivity index is 1.51. The number of halogens is 2. The van der Waals surface area contributed by atoms with E-state index in [1.165, 1.54) is 0 Å². The van der Waals surface area contributed by atoms with Crippen LogP contribution in [-0.4, -0.2) is 60.4 Å². The van der Waals surface area contributed by atoms with Crippen LogP contribution in [0.5, 0.6) is 0 Å². The number of rotatable bonds is 6. The van der Waals surface area contributed by atoms with Crippen LogP contribution in [0.15, 0.2) is 24.3 Å². The SMILES string of the molecule is Cc1cc(C)c(NC(=O)CN2CCN(CC(=O)Nc3c(C)cc(C)cc3Cl)C(C)C2)c(Cl)c1. The smallest absolute Gasteiger partial charge is 0.238 e. The van der Waals surface area contributed by atoms with E-state index in [2.05, 4.69) is 27.4 Å². The Kier molecular flexibility index (Phi) is 8.40. The number of nitrogens with zero attached hydrogens (tertiary/aromatic N) is 2. The summed E-state index contributed by atoms with van der Waals surface area (Å²) in [7, 11) is 0. The molecular weight excluding hydrogens is 459 g/mol. The fourth-order valence-electron chi connectivity index (χ4n) is 4.34. The molecule has 33 heavy (non-hydrogen) atoms. The predicted octanol–water partition coefficient (Wildman–Crippen LogP) is 4.81. The molecule has 1 aliphatic heterocycles. The van der Waals surface area contributed by atoms with Gasteiger partial charge < -0.3 is 10.6 Å².